The van der Waals surface area contributed by atoms with E-state index in [2.05, 4.69) is 50.4 Å². The van der Waals surface area contributed by atoms with E-state index in [9.17, 15) is 0 Å². The van der Waals surface area contributed by atoms with E-state index in [-0.39, 0.29) is 0 Å². The summed E-state index contributed by atoms with van der Waals surface area (Å²) in [5, 5.41) is 2.37. The van der Waals surface area contributed by atoms with Crippen molar-refractivity contribution in [1.82, 2.24) is 0 Å². The summed E-state index contributed by atoms with van der Waals surface area (Å²) in [5.74, 6) is 0. The Morgan fingerprint density at radius 1 is 1.15 bits per heavy atom. The van der Waals surface area contributed by atoms with E-state index in [4.69, 9.17) is 0 Å². The first-order valence-corrected chi connectivity index (χ1v) is 5.48. The molecule has 0 bridgehead atoms. The second-order valence-electron chi connectivity index (χ2n) is 3.30. The number of halogens is 1. The van der Waals surface area contributed by atoms with Gasteiger partial charge in [-0.1, -0.05) is 12.1 Å². The Morgan fingerprint density at radius 2 is 1.85 bits per heavy atom. The van der Waals surface area contributed by atoms with E-state index < -0.39 is 0 Å². The monoisotopic (exact) mass is 241 g/mol. The second kappa shape index (κ2) is 4.11. The molecule has 1 aromatic carbocycles. The first-order chi connectivity index (χ1) is 6.38. The van der Waals surface area contributed by atoms with Crippen molar-refractivity contribution in [3.05, 3.63) is 28.7 Å². The van der Waals surface area contributed by atoms with Crippen LogP contribution < -0.4 is 10.2 Å². The predicted octanol–water partition coefficient (Wildman–Crippen LogP) is 0.832. The van der Waals surface area contributed by atoms with Crippen LogP contribution in [0.4, 0.5) is 5.69 Å². The molecule has 1 fully saturated rings. The van der Waals surface area contributed by atoms with Gasteiger partial charge >= 0.3 is 0 Å². The number of hydrogen-bond donors (Lipinski definition) is 1. The summed E-state index contributed by atoms with van der Waals surface area (Å²) in [6.07, 6.45) is 0. The molecule has 13 heavy (non-hydrogen) atoms. The quantitative estimate of drug-likeness (QED) is 0.773. The van der Waals surface area contributed by atoms with Crippen LogP contribution in [0.5, 0.6) is 0 Å². The average Bonchev–Trinajstić information content (AvgIpc) is 2.20. The van der Waals surface area contributed by atoms with Crippen LogP contribution in [0.1, 0.15) is 0 Å². The molecule has 2 rings (SSSR count). The van der Waals surface area contributed by atoms with E-state index in [1.165, 1.54) is 23.2 Å². The zero-order valence-electron chi connectivity index (χ0n) is 7.54. The largest absolute Gasteiger partial charge is 0.359 e. The highest BCUT2D eigenvalue weighted by molar-refractivity contribution is 9.10. The Labute approximate surface area is 87.1 Å². The van der Waals surface area contributed by atoms with Crippen molar-refractivity contribution in [1.29, 1.82) is 0 Å². The third-order valence-electron chi connectivity index (χ3n) is 2.40. The molecule has 1 aliphatic rings. The van der Waals surface area contributed by atoms with Gasteiger partial charge in [-0.05, 0) is 28.1 Å². The molecule has 0 unspecified atom stereocenters. The number of para-hydroxylation sites is 1. The number of hydrogen-bond acceptors (Lipinski definition) is 1. The van der Waals surface area contributed by atoms with Gasteiger partial charge in [-0.2, -0.15) is 0 Å². The number of nitrogens with zero attached hydrogens (tertiary/aromatic N) is 1. The third kappa shape index (κ3) is 2.03. The van der Waals surface area contributed by atoms with Crippen molar-refractivity contribution in [2.24, 2.45) is 0 Å². The lowest BCUT2D eigenvalue weighted by Gasteiger charge is -2.28. The summed E-state index contributed by atoms with van der Waals surface area (Å²) in [6, 6.07) is 8.44. The molecular weight excluding hydrogens is 228 g/mol. The Morgan fingerprint density at radius 3 is 2.54 bits per heavy atom. The normalized spacial score (nSPS) is 17.5. The van der Waals surface area contributed by atoms with Gasteiger partial charge in [-0.15, -0.1) is 0 Å². The van der Waals surface area contributed by atoms with Crippen molar-refractivity contribution >= 4 is 21.6 Å². The van der Waals surface area contributed by atoms with Gasteiger partial charge in [-0.3, -0.25) is 0 Å². The highest BCUT2D eigenvalue weighted by Gasteiger charge is 2.13. The van der Waals surface area contributed by atoms with Crippen molar-refractivity contribution < 1.29 is 5.32 Å². The lowest BCUT2D eigenvalue weighted by molar-refractivity contribution is -0.655. The van der Waals surface area contributed by atoms with Gasteiger partial charge in [0.15, 0.2) is 0 Å². The molecule has 70 valence electrons. The molecule has 0 saturated carbocycles. The van der Waals surface area contributed by atoms with Crippen molar-refractivity contribution in [2.75, 3.05) is 31.1 Å². The van der Waals surface area contributed by atoms with E-state index in [1.54, 1.807) is 0 Å². The summed E-state index contributed by atoms with van der Waals surface area (Å²) < 4.78 is 1.21. The fraction of sp³-hybridized carbons (Fsp3) is 0.400. The van der Waals surface area contributed by atoms with Crippen LogP contribution >= 0.6 is 15.9 Å². The van der Waals surface area contributed by atoms with Gasteiger partial charge in [0.1, 0.15) is 0 Å². The fourth-order valence-corrected chi connectivity index (χ4v) is 2.24. The zero-order valence-corrected chi connectivity index (χ0v) is 9.13. The lowest BCUT2D eigenvalue weighted by atomic mass is 10.2. The molecule has 3 heteroatoms. The van der Waals surface area contributed by atoms with Gasteiger partial charge in [0.25, 0.3) is 0 Å². The predicted molar refractivity (Wildman–Crippen MR) is 58.0 cm³/mol. The fourth-order valence-electron chi connectivity index (χ4n) is 1.70. The summed E-state index contributed by atoms with van der Waals surface area (Å²) >= 11 is 3.58. The highest BCUT2D eigenvalue weighted by Crippen LogP contribution is 2.25. The number of benzene rings is 1. The molecule has 1 heterocycles. The molecule has 0 aromatic heterocycles. The Balaban J connectivity index is 2.18. The third-order valence-corrected chi connectivity index (χ3v) is 3.07. The minimum Gasteiger partial charge on any atom is -0.359 e. The maximum absolute atomic E-state index is 3.58. The highest BCUT2D eigenvalue weighted by atomic mass is 79.9. The maximum Gasteiger partial charge on any atom is 0.0934 e. The van der Waals surface area contributed by atoms with Crippen LogP contribution in [0.3, 0.4) is 0 Å². The summed E-state index contributed by atoms with van der Waals surface area (Å²) in [4.78, 5) is 2.43. The first-order valence-electron chi connectivity index (χ1n) is 4.69. The molecule has 0 radical (unpaired) electrons. The summed E-state index contributed by atoms with van der Waals surface area (Å²) in [6.45, 7) is 4.73. The number of rotatable bonds is 1. The second-order valence-corrected chi connectivity index (χ2v) is 4.16. The number of nitrogens with two attached hydrogens (primary N) is 1. The van der Waals surface area contributed by atoms with E-state index in [1.807, 2.05) is 0 Å². The SMILES string of the molecule is Brc1ccccc1N1CC[NH2+]CC1. The molecule has 1 aliphatic heterocycles. The molecule has 2 N–H and O–H groups in total. The Bertz CT molecular complexity index is 282. The molecular formula is C10H14BrN2+. The Hall–Kier alpha value is -0.540. The number of anilines is 1. The number of quaternary nitrogens is 1. The maximum atomic E-state index is 3.58. The van der Waals surface area contributed by atoms with Crippen LogP contribution in [0.15, 0.2) is 28.7 Å². The van der Waals surface area contributed by atoms with Crippen LogP contribution in [0, 0.1) is 0 Å². The topological polar surface area (TPSA) is 19.9 Å². The van der Waals surface area contributed by atoms with E-state index in [0.717, 1.165) is 13.1 Å². The molecule has 0 atom stereocenters. The van der Waals surface area contributed by atoms with Crippen molar-refractivity contribution in [3.63, 3.8) is 0 Å². The first kappa shape index (κ1) is 9.03. The minimum atomic E-state index is 1.16. The molecule has 1 saturated heterocycles. The zero-order chi connectivity index (χ0) is 9.10. The lowest BCUT2D eigenvalue weighted by Crippen LogP contribution is -2.89. The summed E-state index contributed by atoms with van der Waals surface area (Å²) in [5.41, 5.74) is 1.33. The van der Waals surface area contributed by atoms with Gasteiger partial charge in [0.2, 0.25) is 0 Å². The molecule has 1 aromatic rings. The van der Waals surface area contributed by atoms with Gasteiger partial charge in [0.05, 0.1) is 31.9 Å². The van der Waals surface area contributed by atoms with Crippen molar-refractivity contribution in [3.8, 4) is 0 Å². The molecule has 0 aliphatic carbocycles. The van der Waals surface area contributed by atoms with E-state index in [0.29, 0.717) is 0 Å². The molecule has 0 spiro atoms. The van der Waals surface area contributed by atoms with Gasteiger partial charge in [0, 0.05) is 4.47 Å². The van der Waals surface area contributed by atoms with Crippen LogP contribution in [-0.2, 0) is 0 Å². The molecule has 0 amide bonds. The molecule has 2 nitrogen and oxygen atoms in total. The van der Waals surface area contributed by atoms with Crippen LogP contribution in [0.25, 0.3) is 0 Å². The van der Waals surface area contributed by atoms with Crippen molar-refractivity contribution in [2.45, 2.75) is 0 Å². The van der Waals surface area contributed by atoms with E-state index >= 15 is 0 Å². The van der Waals surface area contributed by atoms with Gasteiger partial charge in [-0.25, -0.2) is 0 Å². The van der Waals surface area contributed by atoms with Gasteiger partial charge < -0.3 is 10.2 Å². The Kier molecular flexibility index (Phi) is 2.86. The number of piperazine rings is 1. The van der Waals surface area contributed by atoms with Crippen LogP contribution in [-0.4, -0.2) is 26.2 Å². The standard InChI is InChI=1S/C10H13BrN2/c11-9-3-1-2-4-10(9)13-7-5-12-6-8-13/h1-4,12H,5-8H2/p+1. The minimum absolute atomic E-state index is 1.16. The summed E-state index contributed by atoms with van der Waals surface area (Å²) in [7, 11) is 0. The smallest absolute Gasteiger partial charge is 0.0934 e. The van der Waals surface area contributed by atoms with Crippen LogP contribution in [0.2, 0.25) is 0 Å². The average molecular weight is 242 g/mol.